The van der Waals surface area contributed by atoms with Crippen LogP contribution in [0.2, 0.25) is 0 Å². The molecule has 48 heavy (non-hydrogen) atoms. The van der Waals surface area contributed by atoms with Crippen molar-refractivity contribution < 1.29 is 47.8 Å². The molecule has 2 aliphatic rings. The van der Waals surface area contributed by atoms with Gasteiger partial charge in [-0.05, 0) is 48.1 Å². The van der Waals surface area contributed by atoms with Gasteiger partial charge in [-0.25, -0.2) is 9.59 Å². The summed E-state index contributed by atoms with van der Waals surface area (Å²) < 4.78 is 23.5. The summed E-state index contributed by atoms with van der Waals surface area (Å²) in [6, 6.07) is 10.8. The van der Waals surface area contributed by atoms with Crippen LogP contribution in [0.25, 0.3) is 0 Å². The summed E-state index contributed by atoms with van der Waals surface area (Å²) in [4.78, 5) is 85.8. The van der Waals surface area contributed by atoms with Crippen molar-refractivity contribution in [3.63, 3.8) is 0 Å². The fourth-order valence-electron chi connectivity index (χ4n) is 6.87. The van der Waals surface area contributed by atoms with E-state index in [0.717, 1.165) is 6.42 Å². The SMILES string of the molecule is COC(=O)[C@H](Cc1ccc(C2CCN(C(=O)[C@@H]3CCCN3)C2(c2ccc(C[C@H](NC(C)=O)C(=O)OC)cc2)P(=O)(O)O)cc1)NC(C)=O. The van der Waals surface area contributed by atoms with Gasteiger partial charge in [-0.3, -0.25) is 18.9 Å². The molecule has 2 saturated heterocycles. The second kappa shape index (κ2) is 15.4. The molecule has 3 amide bonds. The Morgan fingerprint density at radius 3 is 1.79 bits per heavy atom. The molecule has 15 heteroatoms. The van der Waals surface area contributed by atoms with Gasteiger partial charge in [0.15, 0.2) is 5.28 Å². The van der Waals surface area contributed by atoms with Gasteiger partial charge in [0.1, 0.15) is 12.1 Å². The molecule has 5 N–H and O–H groups in total. The smallest absolute Gasteiger partial charge is 0.356 e. The van der Waals surface area contributed by atoms with Crippen molar-refractivity contribution in [1.29, 1.82) is 0 Å². The Bertz CT molecular complexity index is 1560. The molecule has 2 fully saturated rings. The van der Waals surface area contributed by atoms with Crippen molar-refractivity contribution in [3.8, 4) is 0 Å². The van der Waals surface area contributed by atoms with Gasteiger partial charge in [-0.2, -0.15) is 0 Å². The van der Waals surface area contributed by atoms with Crippen LogP contribution in [0.3, 0.4) is 0 Å². The van der Waals surface area contributed by atoms with E-state index >= 15 is 0 Å². The van der Waals surface area contributed by atoms with Crippen LogP contribution in [0.15, 0.2) is 48.5 Å². The molecule has 5 atom stereocenters. The second-order valence-electron chi connectivity index (χ2n) is 12.1. The van der Waals surface area contributed by atoms with E-state index < -0.39 is 66.6 Å². The van der Waals surface area contributed by atoms with Crippen LogP contribution < -0.4 is 16.0 Å². The summed E-state index contributed by atoms with van der Waals surface area (Å²) in [5.41, 5.74) is 2.07. The molecule has 0 bridgehead atoms. The molecule has 0 aromatic heterocycles. The van der Waals surface area contributed by atoms with Crippen LogP contribution in [0.4, 0.5) is 0 Å². The maximum absolute atomic E-state index is 14.0. The van der Waals surface area contributed by atoms with E-state index in [4.69, 9.17) is 9.47 Å². The van der Waals surface area contributed by atoms with Gasteiger partial charge in [0.2, 0.25) is 17.7 Å². The van der Waals surface area contributed by atoms with E-state index in [1.807, 2.05) is 0 Å². The van der Waals surface area contributed by atoms with Crippen LogP contribution in [-0.4, -0.2) is 89.8 Å². The third kappa shape index (κ3) is 7.78. The van der Waals surface area contributed by atoms with E-state index in [1.54, 1.807) is 48.5 Å². The van der Waals surface area contributed by atoms with Crippen molar-refractivity contribution in [1.82, 2.24) is 20.9 Å². The monoisotopic (exact) mass is 686 g/mol. The minimum Gasteiger partial charge on any atom is -0.467 e. The number of methoxy groups -OCH3 is 2. The summed E-state index contributed by atoms with van der Waals surface area (Å²) >= 11 is 0. The highest BCUT2D eigenvalue weighted by Gasteiger charge is 2.63. The average molecular weight is 687 g/mol. The fourth-order valence-corrected chi connectivity index (χ4v) is 8.55. The van der Waals surface area contributed by atoms with Gasteiger partial charge in [-0.1, -0.05) is 48.5 Å². The number of carbonyl (C=O) groups is 5. The molecule has 2 aromatic carbocycles. The Morgan fingerprint density at radius 1 is 0.875 bits per heavy atom. The largest absolute Gasteiger partial charge is 0.467 e. The van der Waals surface area contributed by atoms with Crippen molar-refractivity contribution in [3.05, 3.63) is 70.8 Å². The number of ether oxygens (including phenoxy) is 2. The van der Waals surface area contributed by atoms with E-state index in [2.05, 4.69) is 16.0 Å². The minimum absolute atomic E-state index is 0.0695. The first-order valence-electron chi connectivity index (χ1n) is 15.7. The Morgan fingerprint density at radius 2 is 1.38 bits per heavy atom. The highest BCUT2D eigenvalue weighted by molar-refractivity contribution is 7.53. The van der Waals surface area contributed by atoms with Crippen LogP contribution >= 0.6 is 7.60 Å². The molecule has 260 valence electrons. The first-order valence-corrected chi connectivity index (χ1v) is 17.3. The minimum atomic E-state index is -5.15. The van der Waals surface area contributed by atoms with Crippen LogP contribution in [0.5, 0.6) is 0 Å². The predicted octanol–water partition coefficient (Wildman–Crippen LogP) is 1.23. The van der Waals surface area contributed by atoms with Gasteiger partial charge >= 0.3 is 19.5 Å². The first kappa shape index (κ1) is 36.7. The molecule has 0 spiro atoms. The molecular weight excluding hydrogens is 643 g/mol. The van der Waals surface area contributed by atoms with Gasteiger partial charge in [0.25, 0.3) is 0 Å². The Balaban J connectivity index is 1.76. The zero-order chi connectivity index (χ0) is 35.2. The fraction of sp³-hybridized carbons (Fsp3) is 0.485. The van der Waals surface area contributed by atoms with Gasteiger partial charge in [0, 0.05) is 39.2 Å². The molecule has 14 nitrogen and oxygen atoms in total. The molecule has 0 aliphatic carbocycles. The van der Waals surface area contributed by atoms with Crippen molar-refractivity contribution in [2.75, 3.05) is 27.3 Å². The molecular formula is C33H43N4O10P. The van der Waals surface area contributed by atoms with E-state index in [1.165, 1.54) is 33.0 Å². The number of nitrogens with zero attached hydrogens (tertiary/aromatic N) is 1. The standard InChI is InChI=1S/C33H43N4O10P/c1-20(38)35-28(31(41)46-3)18-22-7-11-24(12-8-22)26-15-17-37(30(40)27-6-5-16-34-27)33(26,48(43,44)45)25-13-9-23(10-14-25)19-29(32(42)47-4)36-21(2)39/h7-14,26-29,34H,5-6,15-19H2,1-4H3,(H,35,38)(H,36,39)(H2,43,44,45)/t26?,27-,28-,29-,33?/m0/s1. The van der Waals surface area contributed by atoms with Gasteiger partial charge in [0.05, 0.1) is 20.3 Å². The summed E-state index contributed by atoms with van der Waals surface area (Å²) in [5, 5.41) is 6.22. The number of benzene rings is 2. The normalized spacial score (nSPS) is 22.0. The zero-order valence-corrected chi connectivity index (χ0v) is 28.3. The van der Waals surface area contributed by atoms with Gasteiger partial charge < -0.3 is 40.1 Å². The number of hydrogen-bond acceptors (Lipinski definition) is 9. The number of rotatable bonds is 12. The summed E-state index contributed by atoms with van der Waals surface area (Å²) in [7, 11) is -2.71. The maximum Gasteiger partial charge on any atom is 0.356 e. The lowest BCUT2D eigenvalue weighted by atomic mass is 9.85. The molecule has 2 aromatic rings. The topological polar surface area (TPSA) is 201 Å². The van der Waals surface area contributed by atoms with Gasteiger partial charge in [-0.15, -0.1) is 0 Å². The quantitative estimate of drug-likeness (QED) is 0.159. The lowest BCUT2D eigenvalue weighted by Gasteiger charge is -2.44. The maximum atomic E-state index is 14.0. The number of likely N-dealkylation sites (tertiary alicyclic amines) is 1. The second-order valence-corrected chi connectivity index (χ2v) is 13.9. The van der Waals surface area contributed by atoms with E-state index in [9.17, 15) is 38.3 Å². The first-order chi connectivity index (χ1) is 22.7. The third-order valence-corrected chi connectivity index (χ3v) is 10.7. The predicted molar refractivity (Wildman–Crippen MR) is 173 cm³/mol. The summed E-state index contributed by atoms with van der Waals surface area (Å²) in [6.45, 7) is 3.28. The van der Waals surface area contributed by atoms with E-state index in [-0.39, 0.29) is 31.4 Å². The summed E-state index contributed by atoms with van der Waals surface area (Å²) in [5.74, 6) is -3.30. The van der Waals surface area contributed by atoms with Crippen molar-refractivity contribution in [2.45, 2.75) is 75.3 Å². The van der Waals surface area contributed by atoms with Crippen LogP contribution in [0, 0.1) is 0 Å². The van der Waals surface area contributed by atoms with E-state index in [0.29, 0.717) is 29.7 Å². The Hall–Kier alpha value is -4.10. The lowest BCUT2D eigenvalue weighted by molar-refractivity contribution is -0.145. The molecule has 0 saturated carbocycles. The number of carbonyl (C=O) groups excluding carboxylic acids is 5. The Kier molecular flexibility index (Phi) is 11.8. The number of hydrogen-bond donors (Lipinski definition) is 5. The highest BCUT2D eigenvalue weighted by atomic mass is 31.2. The lowest BCUT2D eigenvalue weighted by Crippen LogP contribution is -2.52. The number of amides is 3. The van der Waals surface area contributed by atoms with Crippen molar-refractivity contribution in [2.24, 2.45) is 0 Å². The average Bonchev–Trinajstić information content (AvgIpc) is 3.73. The molecule has 2 aliphatic heterocycles. The number of nitrogens with one attached hydrogen (secondary N) is 3. The molecule has 0 radical (unpaired) electrons. The summed E-state index contributed by atoms with van der Waals surface area (Å²) in [6.07, 6.45) is 1.76. The van der Waals surface area contributed by atoms with Crippen LogP contribution in [-0.2, 0) is 56.1 Å². The van der Waals surface area contributed by atoms with Crippen LogP contribution in [0.1, 0.15) is 61.3 Å². The molecule has 2 heterocycles. The molecule has 4 rings (SSSR count). The zero-order valence-electron chi connectivity index (χ0n) is 27.4. The number of esters is 2. The third-order valence-electron chi connectivity index (χ3n) is 8.97. The van der Waals surface area contributed by atoms with Crippen molar-refractivity contribution >= 4 is 37.3 Å². The molecule has 2 unspecified atom stereocenters. The highest BCUT2D eigenvalue weighted by Crippen LogP contribution is 2.68. The Labute approximate surface area is 279 Å².